The number of benzene rings is 1. The maximum absolute atomic E-state index is 13.1. The number of carbonyl (C=O) groups excluding carboxylic acids is 1. The summed E-state index contributed by atoms with van der Waals surface area (Å²) in [6.07, 6.45) is 5.15. The van der Waals surface area contributed by atoms with Crippen molar-refractivity contribution in [2.75, 3.05) is 36.4 Å². The SMILES string of the molecule is O=C(c1ccc(NCc2cccnc2)nc1)N1CCN(c2ccc(F)cc2)CC1. The molecule has 2 aromatic heterocycles. The fourth-order valence-corrected chi connectivity index (χ4v) is 3.32. The second-order valence-corrected chi connectivity index (χ2v) is 6.90. The van der Waals surface area contributed by atoms with Gasteiger partial charge in [0.15, 0.2) is 0 Å². The van der Waals surface area contributed by atoms with Crippen molar-refractivity contribution in [1.82, 2.24) is 14.9 Å². The predicted molar refractivity (Wildman–Crippen MR) is 110 cm³/mol. The Morgan fingerprint density at radius 1 is 1.00 bits per heavy atom. The summed E-state index contributed by atoms with van der Waals surface area (Å²) in [5.74, 6) is 0.454. The van der Waals surface area contributed by atoms with Gasteiger partial charge in [-0.2, -0.15) is 0 Å². The van der Waals surface area contributed by atoms with E-state index in [-0.39, 0.29) is 11.7 Å². The zero-order valence-corrected chi connectivity index (χ0v) is 16.0. The number of halogens is 1. The minimum absolute atomic E-state index is 0.0185. The van der Waals surface area contributed by atoms with Crippen LogP contribution in [-0.4, -0.2) is 47.0 Å². The highest BCUT2D eigenvalue weighted by molar-refractivity contribution is 5.94. The lowest BCUT2D eigenvalue weighted by molar-refractivity contribution is 0.0746. The Morgan fingerprint density at radius 2 is 1.79 bits per heavy atom. The molecule has 1 saturated heterocycles. The number of anilines is 2. The maximum atomic E-state index is 13.1. The van der Waals surface area contributed by atoms with Gasteiger partial charge in [-0.25, -0.2) is 9.37 Å². The Morgan fingerprint density at radius 3 is 2.45 bits per heavy atom. The second kappa shape index (κ2) is 8.68. The van der Waals surface area contributed by atoms with E-state index in [9.17, 15) is 9.18 Å². The molecule has 0 aliphatic carbocycles. The number of nitrogens with zero attached hydrogens (tertiary/aromatic N) is 4. The van der Waals surface area contributed by atoms with Crippen molar-refractivity contribution in [2.24, 2.45) is 0 Å². The largest absolute Gasteiger partial charge is 0.368 e. The van der Waals surface area contributed by atoms with Gasteiger partial charge in [-0.05, 0) is 48.0 Å². The van der Waals surface area contributed by atoms with Gasteiger partial charge in [0.25, 0.3) is 5.91 Å². The molecule has 3 heterocycles. The summed E-state index contributed by atoms with van der Waals surface area (Å²) in [6.45, 7) is 3.30. The summed E-state index contributed by atoms with van der Waals surface area (Å²) in [6, 6.07) is 14.0. The molecule has 1 N–H and O–H groups in total. The molecule has 1 aromatic carbocycles. The highest BCUT2D eigenvalue weighted by atomic mass is 19.1. The average Bonchev–Trinajstić information content (AvgIpc) is 2.79. The summed E-state index contributed by atoms with van der Waals surface area (Å²) in [5, 5.41) is 3.23. The van der Waals surface area contributed by atoms with Crippen LogP contribution in [0.3, 0.4) is 0 Å². The number of carbonyl (C=O) groups is 1. The minimum atomic E-state index is -0.242. The van der Waals surface area contributed by atoms with E-state index in [4.69, 9.17) is 0 Å². The molecule has 0 bridgehead atoms. The van der Waals surface area contributed by atoms with Gasteiger partial charge in [0.05, 0.1) is 5.56 Å². The number of pyridine rings is 2. The molecule has 0 spiro atoms. The van der Waals surface area contributed by atoms with Gasteiger partial charge in [-0.15, -0.1) is 0 Å². The lowest BCUT2D eigenvalue weighted by Gasteiger charge is -2.36. The minimum Gasteiger partial charge on any atom is -0.368 e. The normalized spacial score (nSPS) is 14.0. The number of amides is 1. The molecule has 1 aliphatic rings. The van der Waals surface area contributed by atoms with Crippen molar-refractivity contribution >= 4 is 17.4 Å². The van der Waals surface area contributed by atoms with E-state index in [2.05, 4.69) is 20.2 Å². The molecular formula is C22H22FN5O. The Kier molecular flexibility index (Phi) is 5.65. The zero-order valence-electron chi connectivity index (χ0n) is 16.0. The van der Waals surface area contributed by atoms with Gasteiger partial charge in [0, 0.05) is 57.0 Å². The van der Waals surface area contributed by atoms with Gasteiger partial charge >= 0.3 is 0 Å². The third kappa shape index (κ3) is 4.68. The fourth-order valence-electron chi connectivity index (χ4n) is 3.32. The highest BCUT2D eigenvalue weighted by Gasteiger charge is 2.22. The smallest absolute Gasteiger partial charge is 0.255 e. The summed E-state index contributed by atoms with van der Waals surface area (Å²) in [7, 11) is 0. The topological polar surface area (TPSA) is 61.4 Å². The van der Waals surface area contributed by atoms with Crippen LogP contribution in [0, 0.1) is 5.82 Å². The first-order valence-electron chi connectivity index (χ1n) is 9.58. The number of hydrogen-bond donors (Lipinski definition) is 1. The van der Waals surface area contributed by atoms with Crippen LogP contribution in [-0.2, 0) is 6.54 Å². The monoisotopic (exact) mass is 391 g/mol. The predicted octanol–water partition coefficient (Wildman–Crippen LogP) is 3.19. The Hall–Kier alpha value is -3.48. The molecule has 6 nitrogen and oxygen atoms in total. The second-order valence-electron chi connectivity index (χ2n) is 6.90. The van der Waals surface area contributed by atoms with Crippen molar-refractivity contribution in [3.63, 3.8) is 0 Å². The Bertz CT molecular complexity index is 939. The van der Waals surface area contributed by atoms with Crippen molar-refractivity contribution < 1.29 is 9.18 Å². The van der Waals surface area contributed by atoms with Crippen LogP contribution in [0.4, 0.5) is 15.9 Å². The zero-order chi connectivity index (χ0) is 20.1. The number of aromatic nitrogens is 2. The van der Waals surface area contributed by atoms with Crippen LogP contribution in [0.2, 0.25) is 0 Å². The first-order chi connectivity index (χ1) is 14.2. The van der Waals surface area contributed by atoms with Crippen molar-refractivity contribution in [3.05, 3.63) is 84.1 Å². The van der Waals surface area contributed by atoms with Gasteiger partial charge in [-0.1, -0.05) is 6.07 Å². The third-order valence-electron chi connectivity index (χ3n) is 4.97. The van der Waals surface area contributed by atoms with Crippen molar-refractivity contribution in [3.8, 4) is 0 Å². The van der Waals surface area contributed by atoms with E-state index in [0.29, 0.717) is 31.0 Å². The molecule has 148 valence electrons. The Balaban J connectivity index is 1.31. The van der Waals surface area contributed by atoms with E-state index >= 15 is 0 Å². The van der Waals surface area contributed by atoms with Crippen LogP contribution in [0.15, 0.2) is 67.1 Å². The van der Waals surface area contributed by atoms with Crippen LogP contribution in [0.25, 0.3) is 0 Å². The number of piperazine rings is 1. The number of hydrogen-bond acceptors (Lipinski definition) is 5. The quantitative estimate of drug-likeness (QED) is 0.724. The van der Waals surface area contributed by atoms with Crippen LogP contribution in [0.1, 0.15) is 15.9 Å². The first kappa shape index (κ1) is 18.9. The molecule has 3 aromatic rings. The summed E-state index contributed by atoms with van der Waals surface area (Å²) < 4.78 is 13.1. The van der Waals surface area contributed by atoms with E-state index in [0.717, 1.165) is 24.3 Å². The molecular weight excluding hydrogens is 369 g/mol. The summed E-state index contributed by atoms with van der Waals surface area (Å²) >= 11 is 0. The maximum Gasteiger partial charge on any atom is 0.255 e. The van der Waals surface area contributed by atoms with Crippen molar-refractivity contribution in [1.29, 1.82) is 0 Å². The fraction of sp³-hybridized carbons (Fsp3) is 0.227. The molecule has 1 aliphatic heterocycles. The van der Waals surface area contributed by atoms with E-state index in [1.165, 1.54) is 12.1 Å². The summed E-state index contributed by atoms with van der Waals surface area (Å²) in [5.41, 5.74) is 2.62. The number of rotatable bonds is 5. The summed E-state index contributed by atoms with van der Waals surface area (Å²) in [4.78, 5) is 25.2. The van der Waals surface area contributed by atoms with E-state index in [1.807, 2.05) is 23.1 Å². The van der Waals surface area contributed by atoms with Crippen LogP contribution >= 0.6 is 0 Å². The molecule has 29 heavy (non-hydrogen) atoms. The van der Waals surface area contributed by atoms with Gasteiger partial charge in [0.1, 0.15) is 11.6 Å². The molecule has 0 radical (unpaired) electrons. The third-order valence-corrected chi connectivity index (χ3v) is 4.97. The van der Waals surface area contributed by atoms with Gasteiger partial charge < -0.3 is 15.1 Å². The van der Waals surface area contributed by atoms with Gasteiger partial charge in [0.2, 0.25) is 0 Å². The molecule has 1 amide bonds. The lowest BCUT2D eigenvalue weighted by Crippen LogP contribution is -2.48. The molecule has 0 atom stereocenters. The van der Waals surface area contributed by atoms with Gasteiger partial charge in [-0.3, -0.25) is 9.78 Å². The molecule has 1 fully saturated rings. The van der Waals surface area contributed by atoms with E-state index in [1.54, 1.807) is 36.8 Å². The number of nitrogens with one attached hydrogen (secondary N) is 1. The first-order valence-corrected chi connectivity index (χ1v) is 9.58. The molecule has 4 rings (SSSR count). The van der Waals surface area contributed by atoms with Crippen molar-refractivity contribution in [2.45, 2.75) is 6.54 Å². The molecule has 0 saturated carbocycles. The van der Waals surface area contributed by atoms with E-state index < -0.39 is 0 Å². The van der Waals surface area contributed by atoms with Crippen LogP contribution < -0.4 is 10.2 Å². The standard InChI is InChI=1S/C22H22FN5O/c23-19-4-6-20(7-5-19)27-10-12-28(13-11-27)22(29)18-3-8-21(26-16-18)25-15-17-2-1-9-24-14-17/h1-9,14,16H,10-13,15H2,(H,25,26). The molecule has 7 heteroatoms. The Labute approximate surface area is 169 Å². The van der Waals surface area contributed by atoms with Crippen LogP contribution in [0.5, 0.6) is 0 Å². The molecule has 0 unspecified atom stereocenters. The highest BCUT2D eigenvalue weighted by Crippen LogP contribution is 2.18. The lowest BCUT2D eigenvalue weighted by atomic mass is 10.2. The average molecular weight is 391 g/mol.